The van der Waals surface area contributed by atoms with Crippen molar-refractivity contribution in [3.63, 3.8) is 0 Å². The maximum absolute atomic E-state index is 12.8. The van der Waals surface area contributed by atoms with Crippen molar-refractivity contribution in [3.8, 4) is 0 Å². The average molecular weight is 710 g/mol. The van der Waals surface area contributed by atoms with Crippen LogP contribution in [0.2, 0.25) is 0 Å². The van der Waals surface area contributed by atoms with Gasteiger partial charge in [0.25, 0.3) is 0 Å². The standard InChI is InChI=1S/C41H75NO8/c1-5-7-9-11-13-15-17-19-21-24-38(43)47-32-36(33-48-39(44)25-22-20-18-16-14-12-10-8-6-2)34-49-41(46)31-35-27-28-37(30-35)50-40(45)26-23-29-42(3)4/h35-37H,5-34H2,1-4H3. The van der Waals surface area contributed by atoms with Crippen LogP contribution in [0.5, 0.6) is 0 Å². The van der Waals surface area contributed by atoms with Gasteiger partial charge < -0.3 is 23.8 Å². The van der Waals surface area contributed by atoms with Gasteiger partial charge in [-0.3, -0.25) is 19.2 Å². The highest BCUT2D eigenvalue weighted by Crippen LogP contribution is 2.31. The van der Waals surface area contributed by atoms with E-state index in [4.69, 9.17) is 18.9 Å². The van der Waals surface area contributed by atoms with Gasteiger partial charge in [0.15, 0.2) is 0 Å². The van der Waals surface area contributed by atoms with Crippen molar-refractivity contribution in [1.82, 2.24) is 4.90 Å². The van der Waals surface area contributed by atoms with Crippen LogP contribution in [0.4, 0.5) is 0 Å². The molecule has 0 amide bonds. The van der Waals surface area contributed by atoms with Crippen LogP contribution >= 0.6 is 0 Å². The number of esters is 4. The summed E-state index contributed by atoms with van der Waals surface area (Å²) in [4.78, 5) is 52.0. The quantitative estimate of drug-likeness (QED) is 0.0374. The Morgan fingerprint density at radius 2 is 0.960 bits per heavy atom. The monoisotopic (exact) mass is 710 g/mol. The fourth-order valence-electron chi connectivity index (χ4n) is 6.48. The zero-order chi connectivity index (χ0) is 36.7. The summed E-state index contributed by atoms with van der Waals surface area (Å²) in [6.07, 6.45) is 25.4. The number of hydrogen-bond acceptors (Lipinski definition) is 9. The fraction of sp³-hybridized carbons (Fsp3) is 0.902. The Hall–Kier alpha value is -2.16. The molecule has 0 N–H and O–H groups in total. The summed E-state index contributed by atoms with van der Waals surface area (Å²) in [5.41, 5.74) is 0. The maximum Gasteiger partial charge on any atom is 0.306 e. The van der Waals surface area contributed by atoms with Gasteiger partial charge in [0, 0.05) is 25.7 Å². The highest BCUT2D eigenvalue weighted by atomic mass is 16.6. The minimum absolute atomic E-state index is 0.0203. The van der Waals surface area contributed by atoms with Crippen LogP contribution in [-0.2, 0) is 38.1 Å². The second-order valence-electron chi connectivity index (χ2n) is 15.0. The third-order valence-corrected chi connectivity index (χ3v) is 9.64. The summed E-state index contributed by atoms with van der Waals surface area (Å²) in [5.74, 6) is -1.36. The Morgan fingerprint density at radius 3 is 1.42 bits per heavy atom. The molecule has 2 atom stereocenters. The summed E-state index contributed by atoms with van der Waals surface area (Å²) < 4.78 is 22.4. The molecule has 9 heteroatoms. The van der Waals surface area contributed by atoms with Crippen molar-refractivity contribution in [3.05, 3.63) is 0 Å². The zero-order valence-corrected chi connectivity index (χ0v) is 32.7. The summed E-state index contributed by atoms with van der Waals surface area (Å²) in [6, 6.07) is 0. The number of unbranched alkanes of at least 4 members (excludes halogenated alkanes) is 16. The van der Waals surface area contributed by atoms with Gasteiger partial charge in [0.05, 0.1) is 5.92 Å². The summed E-state index contributed by atoms with van der Waals surface area (Å²) >= 11 is 0. The third kappa shape index (κ3) is 27.5. The lowest BCUT2D eigenvalue weighted by Crippen LogP contribution is -2.26. The normalized spacial score (nSPS) is 15.8. The molecule has 1 aliphatic rings. The molecule has 1 rings (SSSR count). The van der Waals surface area contributed by atoms with Gasteiger partial charge in [-0.05, 0) is 65.1 Å². The summed E-state index contributed by atoms with van der Waals surface area (Å²) in [7, 11) is 3.96. The van der Waals surface area contributed by atoms with E-state index >= 15 is 0 Å². The number of carbonyl (C=O) groups excluding carboxylic acids is 4. The predicted molar refractivity (Wildman–Crippen MR) is 200 cm³/mol. The topological polar surface area (TPSA) is 108 Å². The van der Waals surface area contributed by atoms with E-state index in [2.05, 4.69) is 13.8 Å². The molecule has 50 heavy (non-hydrogen) atoms. The number of carbonyl (C=O) groups is 4. The molecule has 292 valence electrons. The predicted octanol–water partition coefficient (Wildman–Crippen LogP) is 9.52. The molecule has 1 saturated carbocycles. The zero-order valence-electron chi connectivity index (χ0n) is 32.7. The molecule has 0 aromatic carbocycles. The highest BCUT2D eigenvalue weighted by Gasteiger charge is 2.30. The van der Waals surface area contributed by atoms with Crippen LogP contribution < -0.4 is 0 Å². The van der Waals surface area contributed by atoms with Crippen molar-refractivity contribution >= 4 is 23.9 Å². The van der Waals surface area contributed by atoms with E-state index in [-0.39, 0.29) is 62.1 Å². The molecule has 0 spiro atoms. The molecule has 0 bridgehead atoms. The van der Waals surface area contributed by atoms with Crippen molar-refractivity contribution in [1.29, 1.82) is 0 Å². The van der Waals surface area contributed by atoms with E-state index in [9.17, 15) is 19.2 Å². The average Bonchev–Trinajstić information content (AvgIpc) is 3.52. The van der Waals surface area contributed by atoms with Gasteiger partial charge in [-0.15, -0.1) is 0 Å². The Labute approximate surface area is 305 Å². The Bertz CT molecular complexity index is 841. The van der Waals surface area contributed by atoms with Crippen LogP contribution in [0, 0.1) is 11.8 Å². The second-order valence-corrected chi connectivity index (χ2v) is 15.0. The van der Waals surface area contributed by atoms with Crippen LogP contribution in [0.1, 0.15) is 181 Å². The van der Waals surface area contributed by atoms with Gasteiger partial charge in [-0.25, -0.2) is 0 Å². The molecule has 2 unspecified atom stereocenters. The van der Waals surface area contributed by atoms with E-state index < -0.39 is 5.92 Å². The van der Waals surface area contributed by atoms with E-state index in [1.54, 1.807) is 0 Å². The van der Waals surface area contributed by atoms with Gasteiger partial charge in [-0.1, -0.05) is 117 Å². The first-order valence-electron chi connectivity index (χ1n) is 20.5. The first-order chi connectivity index (χ1) is 24.2. The first kappa shape index (κ1) is 45.9. The van der Waals surface area contributed by atoms with E-state index in [1.165, 1.54) is 77.0 Å². The first-order valence-corrected chi connectivity index (χ1v) is 20.5. The molecule has 1 aliphatic carbocycles. The third-order valence-electron chi connectivity index (χ3n) is 9.64. The SMILES string of the molecule is CCCCCCCCCCCC(=O)OCC(COC(=O)CCCCCCCCCCC)COC(=O)CC1CCC(OC(=O)CCCN(C)C)C1. The van der Waals surface area contributed by atoms with Gasteiger partial charge in [-0.2, -0.15) is 0 Å². The molecule has 0 aromatic heterocycles. The summed E-state index contributed by atoms with van der Waals surface area (Å²) in [6.45, 7) is 5.40. The van der Waals surface area contributed by atoms with Crippen LogP contribution in [0.15, 0.2) is 0 Å². The van der Waals surface area contributed by atoms with Crippen LogP contribution in [0.25, 0.3) is 0 Å². The minimum atomic E-state index is -0.419. The Balaban J connectivity index is 2.42. The van der Waals surface area contributed by atoms with Gasteiger partial charge in [0.1, 0.15) is 25.9 Å². The number of ether oxygens (including phenoxy) is 4. The van der Waals surface area contributed by atoms with Gasteiger partial charge in [0.2, 0.25) is 0 Å². The molecule has 0 radical (unpaired) electrons. The molecule has 0 heterocycles. The minimum Gasteiger partial charge on any atom is -0.465 e. The van der Waals surface area contributed by atoms with Crippen molar-refractivity contribution in [2.75, 3.05) is 40.5 Å². The lowest BCUT2D eigenvalue weighted by molar-refractivity contribution is -0.154. The number of hydrogen-bond donors (Lipinski definition) is 0. The largest absolute Gasteiger partial charge is 0.465 e. The highest BCUT2D eigenvalue weighted by molar-refractivity contribution is 5.71. The van der Waals surface area contributed by atoms with Crippen molar-refractivity contribution < 1.29 is 38.1 Å². The molecule has 0 saturated heterocycles. The molecule has 0 aliphatic heterocycles. The molecule has 1 fully saturated rings. The van der Waals surface area contributed by atoms with Gasteiger partial charge >= 0.3 is 23.9 Å². The lowest BCUT2D eigenvalue weighted by Gasteiger charge is -2.18. The number of rotatable bonds is 33. The van der Waals surface area contributed by atoms with Crippen LogP contribution in [0.3, 0.4) is 0 Å². The second kappa shape index (κ2) is 31.6. The van der Waals surface area contributed by atoms with Crippen molar-refractivity contribution in [2.45, 2.75) is 187 Å². The van der Waals surface area contributed by atoms with E-state index in [0.29, 0.717) is 25.7 Å². The van der Waals surface area contributed by atoms with Crippen LogP contribution in [-0.4, -0.2) is 75.3 Å². The Morgan fingerprint density at radius 1 is 0.540 bits per heavy atom. The Kier molecular flexibility index (Phi) is 29.0. The molecular weight excluding hydrogens is 634 g/mol. The van der Waals surface area contributed by atoms with E-state index in [0.717, 1.165) is 64.3 Å². The van der Waals surface area contributed by atoms with Crippen molar-refractivity contribution in [2.24, 2.45) is 11.8 Å². The number of nitrogens with zero attached hydrogens (tertiary/aromatic N) is 1. The molecule has 9 nitrogen and oxygen atoms in total. The fourth-order valence-corrected chi connectivity index (χ4v) is 6.48. The molecule has 0 aromatic rings. The van der Waals surface area contributed by atoms with E-state index in [1.807, 2.05) is 19.0 Å². The molecular formula is C41H75NO8. The summed E-state index contributed by atoms with van der Waals surface area (Å²) in [5, 5.41) is 0. The smallest absolute Gasteiger partial charge is 0.306 e. The maximum atomic E-state index is 12.8. The lowest BCUT2D eigenvalue weighted by atomic mass is 10.0.